The van der Waals surface area contributed by atoms with Crippen LogP contribution in [0.15, 0.2) is 176 Å². The summed E-state index contributed by atoms with van der Waals surface area (Å²) in [7, 11) is 0. The first-order valence-corrected chi connectivity index (χ1v) is 17.0. The first-order valence-electron chi connectivity index (χ1n) is 17.0. The highest BCUT2D eigenvalue weighted by molar-refractivity contribution is 5.94. The Kier molecular flexibility index (Phi) is 8.04. The predicted octanol–water partition coefficient (Wildman–Crippen LogP) is 10.3. The van der Waals surface area contributed by atoms with E-state index < -0.39 is 0 Å². The fourth-order valence-corrected chi connectivity index (χ4v) is 6.16. The Hall–Kier alpha value is -7.25. The van der Waals surface area contributed by atoms with Crippen LogP contribution in [0.5, 0.6) is 0 Å². The summed E-state index contributed by atoms with van der Waals surface area (Å²) >= 11 is 0. The van der Waals surface area contributed by atoms with E-state index in [1.807, 2.05) is 158 Å². The molecule has 3 heterocycles. The zero-order chi connectivity index (χ0) is 34.7. The third kappa shape index (κ3) is 6.19. The van der Waals surface area contributed by atoms with Crippen LogP contribution in [-0.2, 0) is 0 Å². The molecule has 0 amide bonds. The van der Waals surface area contributed by atoms with Gasteiger partial charge in [0.25, 0.3) is 0 Å². The SMILES string of the molecule is c1ccc(-c2cc(-c3nc(-c4ccccc4)nc(-c4ccc(-c5nc(-c6ccccc6)nc6ccccc56)cc4)n3)nc(-c3ccccc3)n2)cc1. The number of nitrogens with zero attached hydrogens (tertiary/aromatic N) is 7. The van der Waals surface area contributed by atoms with E-state index in [-0.39, 0.29) is 0 Å². The highest BCUT2D eigenvalue weighted by Crippen LogP contribution is 2.32. The second-order valence-corrected chi connectivity index (χ2v) is 12.2. The van der Waals surface area contributed by atoms with Crippen LogP contribution in [0.2, 0.25) is 0 Å². The van der Waals surface area contributed by atoms with E-state index in [0.29, 0.717) is 34.8 Å². The lowest BCUT2D eigenvalue weighted by Crippen LogP contribution is -2.03. The molecule has 7 nitrogen and oxygen atoms in total. The molecular formula is C45H29N7. The summed E-state index contributed by atoms with van der Waals surface area (Å²) in [6, 6.07) is 58.3. The van der Waals surface area contributed by atoms with E-state index in [1.165, 1.54) is 0 Å². The van der Waals surface area contributed by atoms with Crippen molar-refractivity contribution in [2.24, 2.45) is 0 Å². The Balaban J connectivity index is 1.18. The zero-order valence-electron chi connectivity index (χ0n) is 27.9. The molecule has 0 N–H and O–H groups in total. The molecule has 0 aliphatic carbocycles. The van der Waals surface area contributed by atoms with Gasteiger partial charge in [-0.3, -0.25) is 0 Å². The molecule has 52 heavy (non-hydrogen) atoms. The summed E-state index contributed by atoms with van der Waals surface area (Å²) < 4.78 is 0. The lowest BCUT2D eigenvalue weighted by atomic mass is 10.0. The zero-order valence-corrected chi connectivity index (χ0v) is 27.9. The molecule has 7 heteroatoms. The fraction of sp³-hybridized carbons (Fsp3) is 0. The summed E-state index contributed by atoms with van der Waals surface area (Å²) in [5, 5.41) is 0.982. The van der Waals surface area contributed by atoms with Crippen LogP contribution in [-0.4, -0.2) is 34.9 Å². The molecule has 244 valence electrons. The first-order chi connectivity index (χ1) is 25.7. The second-order valence-electron chi connectivity index (χ2n) is 12.2. The van der Waals surface area contributed by atoms with Crippen molar-refractivity contribution in [2.75, 3.05) is 0 Å². The number of fused-ring (bicyclic) bond motifs is 1. The van der Waals surface area contributed by atoms with Crippen LogP contribution in [0.3, 0.4) is 0 Å². The number of benzene rings is 6. The number of hydrogen-bond donors (Lipinski definition) is 0. The molecule has 0 saturated heterocycles. The molecule has 0 unspecified atom stereocenters. The third-order valence-electron chi connectivity index (χ3n) is 8.78. The number of aromatic nitrogens is 7. The molecule has 0 radical (unpaired) electrons. The first kappa shape index (κ1) is 30.8. The van der Waals surface area contributed by atoms with Crippen LogP contribution in [0.1, 0.15) is 0 Å². The van der Waals surface area contributed by atoms with Gasteiger partial charge in [-0.05, 0) is 12.1 Å². The smallest absolute Gasteiger partial charge is 0.182 e. The molecular weight excluding hydrogens is 639 g/mol. The molecule has 6 aromatic carbocycles. The summed E-state index contributed by atoms with van der Waals surface area (Å²) in [5.74, 6) is 2.83. The quantitative estimate of drug-likeness (QED) is 0.167. The largest absolute Gasteiger partial charge is 0.228 e. The van der Waals surface area contributed by atoms with Gasteiger partial charge in [-0.25, -0.2) is 34.9 Å². The van der Waals surface area contributed by atoms with Crippen molar-refractivity contribution in [1.29, 1.82) is 0 Å². The molecule has 0 aliphatic heterocycles. The van der Waals surface area contributed by atoms with Crippen LogP contribution in [0, 0.1) is 0 Å². The van der Waals surface area contributed by atoms with Crippen molar-refractivity contribution >= 4 is 10.9 Å². The van der Waals surface area contributed by atoms with E-state index in [1.54, 1.807) is 0 Å². The molecule has 0 aliphatic rings. The highest BCUT2D eigenvalue weighted by atomic mass is 15.1. The van der Waals surface area contributed by atoms with Crippen LogP contribution < -0.4 is 0 Å². The Morgan fingerprint density at radius 2 is 0.654 bits per heavy atom. The summed E-state index contributed by atoms with van der Waals surface area (Å²) in [4.78, 5) is 34.9. The fourth-order valence-electron chi connectivity index (χ4n) is 6.16. The molecule has 3 aromatic heterocycles. The normalized spacial score (nSPS) is 11.1. The lowest BCUT2D eigenvalue weighted by molar-refractivity contribution is 1.05. The number of hydrogen-bond acceptors (Lipinski definition) is 7. The van der Waals surface area contributed by atoms with Gasteiger partial charge in [-0.1, -0.05) is 164 Å². The van der Waals surface area contributed by atoms with E-state index in [0.717, 1.165) is 55.7 Å². The molecule has 0 spiro atoms. The third-order valence-corrected chi connectivity index (χ3v) is 8.78. The van der Waals surface area contributed by atoms with E-state index in [9.17, 15) is 0 Å². The van der Waals surface area contributed by atoms with Gasteiger partial charge in [0.2, 0.25) is 0 Å². The summed E-state index contributed by atoms with van der Waals surface area (Å²) in [6.07, 6.45) is 0. The second kappa shape index (κ2) is 13.6. The predicted molar refractivity (Wildman–Crippen MR) is 207 cm³/mol. The molecule has 9 aromatic rings. The average Bonchev–Trinajstić information content (AvgIpc) is 3.24. The maximum absolute atomic E-state index is 5.05. The van der Waals surface area contributed by atoms with E-state index >= 15 is 0 Å². The summed E-state index contributed by atoms with van der Waals surface area (Å²) in [6.45, 7) is 0. The average molecular weight is 668 g/mol. The minimum absolute atomic E-state index is 0.457. The van der Waals surface area contributed by atoms with Gasteiger partial charge < -0.3 is 0 Å². The van der Waals surface area contributed by atoms with Crippen LogP contribution in [0.4, 0.5) is 0 Å². The Labute approximate surface area is 300 Å². The van der Waals surface area contributed by atoms with Gasteiger partial charge in [0.15, 0.2) is 29.1 Å². The lowest BCUT2D eigenvalue weighted by Gasteiger charge is -2.12. The minimum Gasteiger partial charge on any atom is -0.228 e. The maximum atomic E-state index is 5.05. The number of rotatable bonds is 7. The van der Waals surface area contributed by atoms with Gasteiger partial charge in [-0.15, -0.1) is 0 Å². The van der Waals surface area contributed by atoms with Gasteiger partial charge >= 0.3 is 0 Å². The topological polar surface area (TPSA) is 90.2 Å². The van der Waals surface area contributed by atoms with E-state index in [4.69, 9.17) is 34.9 Å². The van der Waals surface area contributed by atoms with Crippen molar-refractivity contribution in [3.05, 3.63) is 176 Å². The standard InChI is InChI=1S/C45H29N7/c1-5-15-30(16-6-1)38-29-39(48-41(47-38)32-17-7-2-8-18-32)45-51-43(34-21-11-4-12-22-34)50-44(52-45)35-27-25-31(26-28-35)40-36-23-13-14-24-37(36)46-42(49-40)33-19-9-3-10-20-33/h1-29H. The van der Waals surface area contributed by atoms with Crippen molar-refractivity contribution in [2.45, 2.75) is 0 Å². The Morgan fingerprint density at radius 1 is 0.250 bits per heavy atom. The van der Waals surface area contributed by atoms with Crippen molar-refractivity contribution in [1.82, 2.24) is 34.9 Å². The molecule has 9 rings (SSSR count). The maximum Gasteiger partial charge on any atom is 0.182 e. The van der Waals surface area contributed by atoms with Gasteiger partial charge in [0, 0.05) is 38.8 Å². The highest BCUT2D eigenvalue weighted by Gasteiger charge is 2.17. The van der Waals surface area contributed by atoms with Gasteiger partial charge in [0.05, 0.1) is 16.9 Å². The van der Waals surface area contributed by atoms with Crippen molar-refractivity contribution in [3.63, 3.8) is 0 Å². The van der Waals surface area contributed by atoms with Crippen molar-refractivity contribution in [3.8, 4) is 79.6 Å². The van der Waals surface area contributed by atoms with Crippen LogP contribution >= 0.6 is 0 Å². The molecule has 0 bridgehead atoms. The molecule has 0 atom stereocenters. The van der Waals surface area contributed by atoms with Crippen molar-refractivity contribution < 1.29 is 0 Å². The van der Waals surface area contributed by atoms with Crippen LogP contribution in [0.25, 0.3) is 90.5 Å². The Morgan fingerprint density at radius 3 is 1.23 bits per heavy atom. The number of para-hydroxylation sites is 1. The molecule has 0 fully saturated rings. The Bertz CT molecular complexity index is 2590. The van der Waals surface area contributed by atoms with Gasteiger partial charge in [0.1, 0.15) is 5.69 Å². The summed E-state index contributed by atoms with van der Waals surface area (Å²) in [5.41, 5.74) is 8.67. The van der Waals surface area contributed by atoms with E-state index in [2.05, 4.69) is 18.2 Å². The van der Waals surface area contributed by atoms with Gasteiger partial charge in [-0.2, -0.15) is 0 Å². The molecule has 0 saturated carbocycles. The minimum atomic E-state index is 0.457. The monoisotopic (exact) mass is 667 g/mol.